The first-order valence-electron chi connectivity index (χ1n) is 12.3. The Labute approximate surface area is 210 Å². The average molecular weight is 526 g/mol. The standard InChI is InChI=1S/C25H28F5N5O2/c1-13(32-20(36)6-9-25(28,29)30)15-2-3-18-19(11-15)34-22(33-18)21(14-4-7-24(26,27)8-5-14)35-23(37)17-10-16(17)12-31/h2-3,11,13-14,16-17,21H,4-10H2,1H3,(H,32,36)(H,33,34)(H,35,37)/t13-,16+,17-,21+/m1/s1. The van der Waals surface area contributed by atoms with Crippen LogP contribution in [0.2, 0.25) is 0 Å². The predicted octanol–water partition coefficient (Wildman–Crippen LogP) is 5.23. The molecule has 1 heterocycles. The summed E-state index contributed by atoms with van der Waals surface area (Å²) < 4.78 is 64.7. The third kappa shape index (κ3) is 6.76. The molecule has 0 unspecified atom stereocenters. The molecule has 200 valence electrons. The van der Waals surface area contributed by atoms with Gasteiger partial charge in [-0.1, -0.05) is 6.07 Å². The molecule has 2 aliphatic rings. The van der Waals surface area contributed by atoms with E-state index in [1.807, 2.05) is 0 Å². The summed E-state index contributed by atoms with van der Waals surface area (Å²) in [4.78, 5) is 32.4. The fourth-order valence-corrected chi connectivity index (χ4v) is 4.80. The lowest BCUT2D eigenvalue weighted by Crippen LogP contribution is -2.38. The van der Waals surface area contributed by atoms with Crippen LogP contribution in [0.1, 0.15) is 75.3 Å². The fraction of sp³-hybridized carbons (Fsp3) is 0.600. The maximum Gasteiger partial charge on any atom is 0.389 e. The van der Waals surface area contributed by atoms with Gasteiger partial charge in [-0.15, -0.1) is 0 Å². The van der Waals surface area contributed by atoms with Crippen molar-refractivity contribution in [3.63, 3.8) is 0 Å². The number of hydrogen-bond acceptors (Lipinski definition) is 4. The number of imidazole rings is 1. The molecule has 0 spiro atoms. The molecular formula is C25H28F5N5O2. The van der Waals surface area contributed by atoms with E-state index < -0.39 is 48.8 Å². The molecular weight excluding hydrogens is 497 g/mol. The van der Waals surface area contributed by atoms with Gasteiger partial charge < -0.3 is 15.6 Å². The molecule has 1 aromatic carbocycles. The molecule has 37 heavy (non-hydrogen) atoms. The van der Waals surface area contributed by atoms with Gasteiger partial charge in [-0.25, -0.2) is 13.8 Å². The first-order valence-corrected chi connectivity index (χ1v) is 12.3. The van der Waals surface area contributed by atoms with E-state index in [4.69, 9.17) is 5.26 Å². The highest BCUT2D eigenvalue weighted by atomic mass is 19.4. The number of nitrogens with one attached hydrogen (secondary N) is 3. The summed E-state index contributed by atoms with van der Waals surface area (Å²) >= 11 is 0. The number of carbonyl (C=O) groups is 2. The third-order valence-corrected chi connectivity index (χ3v) is 7.16. The van der Waals surface area contributed by atoms with E-state index in [-0.39, 0.29) is 43.4 Å². The van der Waals surface area contributed by atoms with Crippen molar-refractivity contribution in [1.29, 1.82) is 5.26 Å². The van der Waals surface area contributed by atoms with E-state index in [9.17, 15) is 31.5 Å². The predicted molar refractivity (Wildman–Crippen MR) is 123 cm³/mol. The van der Waals surface area contributed by atoms with Crippen LogP contribution in [0.4, 0.5) is 22.0 Å². The van der Waals surface area contributed by atoms with Crippen LogP contribution in [0.5, 0.6) is 0 Å². The number of rotatable bonds is 8. The molecule has 0 bridgehead atoms. The maximum atomic E-state index is 13.8. The Kier molecular flexibility index (Phi) is 7.44. The molecule has 7 nitrogen and oxygen atoms in total. The summed E-state index contributed by atoms with van der Waals surface area (Å²) in [5.74, 6) is -4.39. The van der Waals surface area contributed by atoms with Crippen molar-refractivity contribution >= 4 is 22.8 Å². The zero-order valence-electron chi connectivity index (χ0n) is 20.2. The lowest BCUT2D eigenvalue weighted by molar-refractivity contribution is -0.144. The van der Waals surface area contributed by atoms with E-state index in [1.54, 1.807) is 25.1 Å². The number of amides is 2. The molecule has 2 aromatic rings. The molecule has 0 aliphatic heterocycles. The molecule has 12 heteroatoms. The highest BCUT2D eigenvalue weighted by Crippen LogP contribution is 2.43. The van der Waals surface area contributed by atoms with Gasteiger partial charge in [-0.3, -0.25) is 9.59 Å². The number of aromatic nitrogens is 2. The van der Waals surface area contributed by atoms with E-state index in [0.29, 0.717) is 28.8 Å². The number of benzene rings is 1. The van der Waals surface area contributed by atoms with Gasteiger partial charge in [-0.2, -0.15) is 18.4 Å². The van der Waals surface area contributed by atoms with Gasteiger partial charge in [0.15, 0.2) is 0 Å². The fourth-order valence-electron chi connectivity index (χ4n) is 4.80. The van der Waals surface area contributed by atoms with Gasteiger partial charge in [-0.05, 0) is 49.8 Å². The molecule has 2 aliphatic carbocycles. The second-order valence-electron chi connectivity index (χ2n) is 10.1. The quantitative estimate of drug-likeness (QED) is 0.410. The SMILES string of the molecule is C[C@@H](NC(=O)CCC(F)(F)F)c1ccc2[nH]c([C@@H](NC(=O)[C@@H]3C[C@H]3C#N)C3CCC(F)(F)CC3)nc2c1. The number of carbonyl (C=O) groups excluding carboxylic acids is 2. The molecule has 4 atom stereocenters. The second kappa shape index (κ2) is 10.3. The molecule has 2 amide bonds. The number of alkyl halides is 5. The molecule has 0 radical (unpaired) electrons. The molecule has 3 N–H and O–H groups in total. The maximum absolute atomic E-state index is 13.8. The van der Waals surface area contributed by atoms with Crippen LogP contribution in [0.15, 0.2) is 18.2 Å². The smallest absolute Gasteiger partial charge is 0.350 e. The highest BCUT2D eigenvalue weighted by Gasteiger charge is 2.46. The van der Waals surface area contributed by atoms with Gasteiger partial charge in [0, 0.05) is 19.3 Å². The zero-order valence-corrected chi connectivity index (χ0v) is 20.2. The van der Waals surface area contributed by atoms with E-state index in [0.717, 1.165) is 0 Å². The largest absolute Gasteiger partial charge is 0.389 e. The Balaban J connectivity index is 1.51. The van der Waals surface area contributed by atoms with E-state index in [2.05, 4.69) is 26.7 Å². The molecule has 0 saturated heterocycles. The van der Waals surface area contributed by atoms with Crippen molar-refractivity contribution in [3.8, 4) is 6.07 Å². The van der Waals surface area contributed by atoms with Gasteiger partial charge in [0.1, 0.15) is 5.82 Å². The summed E-state index contributed by atoms with van der Waals surface area (Å²) in [6.45, 7) is 1.65. The normalized spacial score (nSPS) is 23.2. The van der Waals surface area contributed by atoms with Crippen LogP contribution >= 0.6 is 0 Å². The average Bonchev–Trinajstić information content (AvgIpc) is 3.50. The number of nitrogens with zero attached hydrogens (tertiary/aromatic N) is 2. The van der Waals surface area contributed by atoms with Crippen molar-refractivity contribution in [2.75, 3.05) is 0 Å². The van der Waals surface area contributed by atoms with Gasteiger partial charge in [0.2, 0.25) is 17.7 Å². The number of fused-ring (bicyclic) bond motifs is 1. The molecule has 2 saturated carbocycles. The lowest BCUT2D eigenvalue weighted by atomic mass is 9.81. The Morgan fingerprint density at radius 1 is 1.24 bits per heavy atom. The first-order chi connectivity index (χ1) is 17.3. The summed E-state index contributed by atoms with van der Waals surface area (Å²) in [5, 5.41) is 14.5. The van der Waals surface area contributed by atoms with Crippen molar-refractivity contribution in [2.45, 2.75) is 76.1 Å². The van der Waals surface area contributed by atoms with E-state index in [1.165, 1.54) is 0 Å². The minimum absolute atomic E-state index is 0.202. The number of nitriles is 1. The van der Waals surface area contributed by atoms with Crippen LogP contribution in [-0.2, 0) is 9.59 Å². The summed E-state index contributed by atoms with van der Waals surface area (Å²) in [6.07, 6.45) is -5.99. The Morgan fingerprint density at radius 2 is 1.95 bits per heavy atom. The topological polar surface area (TPSA) is 111 Å². The Hall–Kier alpha value is -3.23. The Bertz CT molecular complexity index is 1190. The highest BCUT2D eigenvalue weighted by molar-refractivity contribution is 5.83. The van der Waals surface area contributed by atoms with Crippen LogP contribution in [0.3, 0.4) is 0 Å². The van der Waals surface area contributed by atoms with Crippen LogP contribution < -0.4 is 10.6 Å². The molecule has 1 aromatic heterocycles. The van der Waals surface area contributed by atoms with Gasteiger partial charge in [0.25, 0.3) is 0 Å². The van der Waals surface area contributed by atoms with Gasteiger partial charge in [0.05, 0.1) is 47.4 Å². The minimum Gasteiger partial charge on any atom is -0.350 e. The number of aromatic amines is 1. The number of halogens is 5. The van der Waals surface area contributed by atoms with Crippen molar-refractivity contribution < 1.29 is 31.5 Å². The first kappa shape index (κ1) is 26.8. The molecule has 4 rings (SSSR count). The van der Waals surface area contributed by atoms with Crippen LogP contribution in [0.25, 0.3) is 11.0 Å². The molecule has 2 fully saturated rings. The van der Waals surface area contributed by atoms with Crippen molar-refractivity contribution in [3.05, 3.63) is 29.6 Å². The summed E-state index contributed by atoms with van der Waals surface area (Å²) in [7, 11) is 0. The summed E-state index contributed by atoms with van der Waals surface area (Å²) in [6, 6.07) is 5.96. The summed E-state index contributed by atoms with van der Waals surface area (Å²) in [5.41, 5.74) is 1.75. The third-order valence-electron chi connectivity index (χ3n) is 7.16. The Morgan fingerprint density at radius 3 is 2.57 bits per heavy atom. The zero-order chi connectivity index (χ0) is 27.0. The van der Waals surface area contributed by atoms with Crippen molar-refractivity contribution in [1.82, 2.24) is 20.6 Å². The second-order valence-corrected chi connectivity index (χ2v) is 10.1. The monoisotopic (exact) mass is 525 g/mol. The van der Waals surface area contributed by atoms with E-state index >= 15 is 0 Å². The van der Waals surface area contributed by atoms with Crippen LogP contribution in [-0.4, -0.2) is 33.9 Å². The minimum atomic E-state index is -4.42. The lowest BCUT2D eigenvalue weighted by Gasteiger charge is -2.33. The number of H-pyrrole nitrogens is 1. The number of hydrogen-bond donors (Lipinski definition) is 3. The van der Waals surface area contributed by atoms with Gasteiger partial charge >= 0.3 is 6.18 Å². The van der Waals surface area contributed by atoms with Crippen LogP contribution in [0, 0.1) is 29.1 Å². The van der Waals surface area contributed by atoms with Crippen molar-refractivity contribution in [2.24, 2.45) is 17.8 Å².